The molecular weight excluding hydrogens is 379 g/mol. The summed E-state index contributed by atoms with van der Waals surface area (Å²) >= 11 is 0. The van der Waals surface area contributed by atoms with Crippen molar-refractivity contribution < 1.29 is 12.8 Å². The summed E-state index contributed by atoms with van der Waals surface area (Å²) in [6.45, 7) is 5.96. The van der Waals surface area contributed by atoms with E-state index in [0.717, 1.165) is 44.0 Å². The van der Waals surface area contributed by atoms with Crippen LogP contribution in [0.3, 0.4) is 0 Å². The Balaban J connectivity index is 1.50. The van der Waals surface area contributed by atoms with Gasteiger partial charge in [0.1, 0.15) is 5.82 Å². The monoisotopic (exact) mass is 406 g/mol. The summed E-state index contributed by atoms with van der Waals surface area (Å²) in [5, 5.41) is -0.00174. The van der Waals surface area contributed by atoms with Gasteiger partial charge < -0.3 is 9.47 Å². The Labute approximate surface area is 165 Å². The van der Waals surface area contributed by atoms with Gasteiger partial charge in [-0.05, 0) is 24.8 Å². The first-order valence-electron chi connectivity index (χ1n) is 9.83. The van der Waals surface area contributed by atoms with E-state index in [-0.39, 0.29) is 17.5 Å². The molecular formula is C20H27FN4O2S. The van der Waals surface area contributed by atoms with Crippen LogP contribution < -0.4 is 0 Å². The highest BCUT2D eigenvalue weighted by Gasteiger charge is 2.27. The highest BCUT2D eigenvalue weighted by atomic mass is 32.2. The van der Waals surface area contributed by atoms with Crippen molar-refractivity contribution in [1.29, 1.82) is 0 Å². The van der Waals surface area contributed by atoms with Crippen LogP contribution in [0.2, 0.25) is 0 Å². The molecule has 2 heterocycles. The molecule has 1 aliphatic carbocycles. The van der Waals surface area contributed by atoms with E-state index in [0.29, 0.717) is 12.1 Å². The van der Waals surface area contributed by atoms with Crippen LogP contribution in [0.1, 0.15) is 24.1 Å². The smallest absolute Gasteiger partial charge is 0.227 e. The molecule has 1 aromatic heterocycles. The molecule has 0 amide bonds. The number of nitrogens with zero attached hydrogens (tertiary/aromatic N) is 4. The Bertz CT molecular complexity index is 931. The number of hydrogen-bond donors (Lipinski definition) is 0. The maximum atomic E-state index is 14.2. The Morgan fingerprint density at radius 3 is 2.39 bits per heavy atom. The quantitative estimate of drug-likeness (QED) is 0.704. The van der Waals surface area contributed by atoms with E-state index in [2.05, 4.69) is 14.8 Å². The molecule has 0 unspecified atom stereocenters. The van der Waals surface area contributed by atoms with Gasteiger partial charge in [0, 0.05) is 51.1 Å². The molecule has 28 heavy (non-hydrogen) atoms. The van der Waals surface area contributed by atoms with Crippen molar-refractivity contribution in [3.63, 3.8) is 0 Å². The molecule has 1 aliphatic heterocycles. The van der Waals surface area contributed by atoms with Gasteiger partial charge in [0.25, 0.3) is 0 Å². The largest absolute Gasteiger partial charge is 0.313 e. The van der Waals surface area contributed by atoms with E-state index >= 15 is 0 Å². The average molecular weight is 407 g/mol. The second kappa shape index (κ2) is 7.93. The van der Waals surface area contributed by atoms with Gasteiger partial charge in [0.15, 0.2) is 0 Å². The minimum Gasteiger partial charge on any atom is -0.313 e. The predicted molar refractivity (Wildman–Crippen MR) is 105 cm³/mol. The molecule has 4 rings (SSSR count). The third-order valence-electron chi connectivity index (χ3n) is 5.58. The SMILES string of the molecule is CS(=O)(=O)c1ncc(CN2CCN(CC3CC3)CC2)n1Cc1ccccc1F. The first-order valence-corrected chi connectivity index (χ1v) is 11.7. The van der Waals surface area contributed by atoms with Crippen LogP contribution in [0.4, 0.5) is 4.39 Å². The third kappa shape index (κ3) is 4.61. The fourth-order valence-electron chi connectivity index (χ4n) is 3.80. The molecule has 0 bridgehead atoms. The molecule has 1 saturated carbocycles. The van der Waals surface area contributed by atoms with Crippen LogP contribution in [-0.2, 0) is 22.9 Å². The molecule has 0 N–H and O–H groups in total. The molecule has 2 aromatic rings. The molecule has 1 saturated heterocycles. The second-order valence-electron chi connectivity index (χ2n) is 8.00. The highest BCUT2D eigenvalue weighted by Crippen LogP contribution is 2.30. The number of imidazole rings is 1. The van der Waals surface area contributed by atoms with Crippen LogP contribution in [0.25, 0.3) is 0 Å². The summed E-state index contributed by atoms with van der Waals surface area (Å²) in [5.41, 5.74) is 1.26. The first kappa shape index (κ1) is 19.5. The van der Waals surface area contributed by atoms with Crippen LogP contribution in [-0.4, -0.2) is 66.7 Å². The minimum absolute atomic E-state index is 0.00174. The standard InChI is InChI=1S/C20H27FN4O2S/c1-28(26,27)20-22-12-18(25(20)14-17-4-2-3-5-19(17)21)15-24-10-8-23(9-11-24)13-16-6-7-16/h2-5,12,16H,6-11,13-15H2,1H3. The van der Waals surface area contributed by atoms with Crippen molar-refractivity contribution in [2.24, 2.45) is 5.92 Å². The fraction of sp³-hybridized carbons (Fsp3) is 0.550. The number of halogens is 1. The van der Waals surface area contributed by atoms with Gasteiger partial charge in [0.05, 0.1) is 18.4 Å². The predicted octanol–water partition coefficient (Wildman–Crippen LogP) is 2.00. The Hall–Kier alpha value is -1.77. The molecule has 2 aliphatic rings. The third-order valence-corrected chi connectivity index (χ3v) is 6.57. The zero-order valence-corrected chi connectivity index (χ0v) is 17.0. The van der Waals surface area contributed by atoms with Crippen molar-refractivity contribution in [1.82, 2.24) is 19.4 Å². The zero-order chi connectivity index (χ0) is 19.7. The molecule has 0 radical (unpaired) electrons. The molecule has 6 nitrogen and oxygen atoms in total. The summed E-state index contributed by atoms with van der Waals surface area (Å²) in [7, 11) is -3.50. The van der Waals surface area contributed by atoms with E-state index in [1.54, 1.807) is 29.0 Å². The summed E-state index contributed by atoms with van der Waals surface area (Å²) in [6, 6.07) is 6.47. The fourth-order valence-corrected chi connectivity index (χ4v) is 4.63. The molecule has 8 heteroatoms. The highest BCUT2D eigenvalue weighted by molar-refractivity contribution is 7.90. The van der Waals surface area contributed by atoms with Crippen LogP contribution in [0, 0.1) is 11.7 Å². The molecule has 2 fully saturated rings. The molecule has 152 valence electrons. The lowest BCUT2D eigenvalue weighted by Gasteiger charge is -2.34. The molecule has 0 spiro atoms. The van der Waals surface area contributed by atoms with Crippen LogP contribution in [0.15, 0.2) is 35.6 Å². The maximum absolute atomic E-state index is 14.2. The summed E-state index contributed by atoms with van der Waals surface area (Å²) in [5.74, 6) is 0.557. The number of sulfone groups is 1. The Morgan fingerprint density at radius 1 is 1.07 bits per heavy atom. The van der Waals surface area contributed by atoms with Crippen molar-refractivity contribution in [3.8, 4) is 0 Å². The summed E-state index contributed by atoms with van der Waals surface area (Å²) < 4.78 is 40.2. The van der Waals surface area contributed by atoms with Gasteiger partial charge in [-0.3, -0.25) is 4.90 Å². The van der Waals surface area contributed by atoms with Crippen LogP contribution in [0.5, 0.6) is 0 Å². The maximum Gasteiger partial charge on any atom is 0.227 e. The number of benzene rings is 1. The van der Waals surface area contributed by atoms with E-state index in [1.807, 2.05) is 0 Å². The number of rotatable bonds is 7. The van der Waals surface area contributed by atoms with E-state index in [4.69, 9.17) is 0 Å². The van der Waals surface area contributed by atoms with Gasteiger partial charge in [-0.15, -0.1) is 0 Å². The summed E-state index contributed by atoms with van der Waals surface area (Å²) in [4.78, 5) is 9.00. The van der Waals surface area contributed by atoms with Crippen molar-refractivity contribution in [2.75, 3.05) is 39.0 Å². The summed E-state index contributed by atoms with van der Waals surface area (Å²) in [6.07, 6.45) is 5.49. The Kier molecular flexibility index (Phi) is 5.53. The minimum atomic E-state index is -3.50. The van der Waals surface area contributed by atoms with E-state index < -0.39 is 9.84 Å². The van der Waals surface area contributed by atoms with Crippen molar-refractivity contribution in [2.45, 2.75) is 31.1 Å². The van der Waals surface area contributed by atoms with E-state index in [9.17, 15) is 12.8 Å². The van der Waals surface area contributed by atoms with Crippen molar-refractivity contribution >= 4 is 9.84 Å². The number of piperazine rings is 1. The van der Waals surface area contributed by atoms with Crippen molar-refractivity contribution in [3.05, 3.63) is 47.5 Å². The lowest BCUT2D eigenvalue weighted by molar-refractivity contribution is 0.121. The van der Waals surface area contributed by atoms with Gasteiger partial charge in [-0.2, -0.15) is 0 Å². The molecule has 1 aromatic carbocycles. The lowest BCUT2D eigenvalue weighted by atomic mass is 10.2. The Morgan fingerprint density at radius 2 is 1.75 bits per heavy atom. The number of hydrogen-bond acceptors (Lipinski definition) is 5. The lowest BCUT2D eigenvalue weighted by Crippen LogP contribution is -2.46. The second-order valence-corrected chi connectivity index (χ2v) is 9.91. The van der Waals surface area contributed by atoms with E-state index in [1.165, 1.54) is 25.5 Å². The molecule has 0 atom stereocenters. The normalized spacial score (nSPS) is 19.2. The number of aromatic nitrogens is 2. The van der Waals surface area contributed by atoms with Gasteiger partial charge in [0.2, 0.25) is 15.0 Å². The van der Waals surface area contributed by atoms with Gasteiger partial charge in [-0.25, -0.2) is 17.8 Å². The topological polar surface area (TPSA) is 58.4 Å². The first-order chi connectivity index (χ1) is 13.4. The average Bonchev–Trinajstić information content (AvgIpc) is 3.37. The van der Waals surface area contributed by atoms with Gasteiger partial charge >= 0.3 is 0 Å². The zero-order valence-electron chi connectivity index (χ0n) is 16.2. The van der Waals surface area contributed by atoms with Gasteiger partial charge in [-0.1, -0.05) is 18.2 Å². The van der Waals surface area contributed by atoms with Crippen LogP contribution >= 0.6 is 0 Å².